The molecule has 3 aromatic carbocycles. The van der Waals surface area contributed by atoms with E-state index in [1.165, 1.54) is 17.2 Å². The van der Waals surface area contributed by atoms with E-state index in [9.17, 15) is 4.79 Å². The van der Waals surface area contributed by atoms with Gasteiger partial charge in [0, 0.05) is 0 Å². The molecule has 1 N–H and O–H groups in total. The van der Waals surface area contributed by atoms with E-state index in [0.29, 0.717) is 11.1 Å². The Morgan fingerprint density at radius 3 is 1.71 bits per heavy atom. The van der Waals surface area contributed by atoms with Crippen LogP contribution in [0.4, 0.5) is 0 Å². The van der Waals surface area contributed by atoms with Crippen LogP contribution >= 0.6 is 0 Å². The summed E-state index contributed by atoms with van der Waals surface area (Å²) in [5.74, 6) is -0.916. The third kappa shape index (κ3) is 8.63. The number of carbonyl (C=O) groups is 1. The molecular weight excluding hydrogens is 344 g/mol. The van der Waals surface area contributed by atoms with E-state index < -0.39 is 5.97 Å². The molecule has 0 atom stereocenters. The van der Waals surface area contributed by atoms with Gasteiger partial charge in [-0.3, -0.25) is 0 Å². The fourth-order valence-corrected chi connectivity index (χ4v) is 2.24. The number of hydrogen-bond donors (Lipinski definition) is 1. The molecule has 3 rings (SSSR count). The molecule has 0 aliphatic heterocycles. The van der Waals surface area contributed by atoms with Crippen molar-refractivity contribution in [1.82, 2.24) is 0 Å². The van der Waals surface area contributed by atoms with Crippen molar-refractivity contribution in [3.8, 4) is 0 Å². The molecule has 142 valence electrons. The largest absolute Gasteiger partial charge is 0.478 e. The molecule has 2 heteroatoms. The minimum atomic E-state index is -0.916. The smallest absolute Gasteiger partial charge is 0.336 e. The summed E-state index contributed by atoms with van der Waals surface area (Å²) >= 11 is 0. The van der Waals surface area contributed by atoms with Crippen molar-refractivity contribution in [2.24, 2.45) is 0 Å². The highest BCUT2D eigenvalue weighted by molar-refractivity contribution is 5.91. The fraction of sp³-hybridized carbons (Fsp3) is 0.0385. The van der Waals surface area contributed by atoms with Crippen molar-refractivity contribution in [2.75, 3.05) is 0 Å². The Morgan fingerprint density at radius 2 is 1.29 bits per heavy atom. The molecule has 0 aliphatic rings. The lowest BCUT2D eigenvalue weighted by atomic mass is 10.1. The van der Waals surface area contributed by atoms with E-state index in [1.807, 2.05) is 60.7 Å². The van der Waals surface area contributed by atoms with Crippen LogP contribution < -0.4 is 0 Å². The van der Waals surface area contributed by atoms with Gasteiger partial charge in [0.2, 0.25) is 0 Å². The number of carboxylic acids is 1. The van der Waals surface area contributed by atoms with E-state index in [2.05, 4.69) is 31.9 Å². The molecule has 0 unspecified atom stereocenters. The highest BCUT2D eigenvalue weighted by Gasteiger charge is 2.04. The van der Waals surface area contributed by atoms with Crippen LogP contribution in [-0.2, 0) is 6.42 Å². The molecule has 3 aromatic rings. The zero-order valence-electron chi connectivity index (χ0n) is 16.0. The summed E-state index contributed by atoms with van der Waals surface area (Å²) in [5.41, 5.74) is 3.45. The van der Waals surface area contributed by atoms with Gasteiger partial charge in [-0.15, -0.1) is 6.58 Å². The van der Waals surface area contributed by atoms with Gasteiger partial charge in [0.05, 0.1) is 5.56 Å². The van der Waals surface area contributed by atoms with Gasteiger partial charge in [0.25, 0.3) is 0 Å². The molecular formula is C26H26O2. The molecule has 0 aromatic heterocycles. The summed E-state index contributed by atoms with van der Waals surface area (Å²) < 4.78 is 0. The number of allylic oxidation sites excluding steroid dienone is 1. The molecule has 0 amide bonds. The van der Waals surface area contributed by atoms with E-state index in [0.717, 1.165) is 6.42 Å². The Labute approximate surface area is 167 Å². The molecule has 0 radical (unpaired) electrons. The van der Waals surface area contributed by atoms with Crippen molar-refractivity contribution in [1.29, 1.82) is 0 Å². The zero-order valence-corrected chi connectivity index (χ0v) is 16.0. The first-order chi connectivity index (χ1) is 13.6. The van der Waals surface area contributed by atoms with E-state index in [4.69, 9.17) is 5.11 Å². The van der Waals surface area contributed by atoms with Gasteiger partial charge < -0.3 is 5.11 Å². The Morgan fingerprint density at radius 1 is 0.750 bits per heavy atom. The van der Waals surface area contributed by atoms with Gasteiger partial charge in [-0.1, -0.05) is 110 Å². The summed E-state index contributed by atoms with van der Waals surface area (Å²) in [6.45, 7) is 10.8. The molecule has 2 nitrogen and oxygen atoms in total. The lowest BCUT2D eigenvalue weighted by molar-refractivity contribution is 0.0696. The van der Waals surface area contributed by atoms with Crippen LogP contribution in [0, 0.1) is 0 Å². The van der Waals surface area contributed by atoms with Crippen molar-refractivity contribution in [3.05, 3.63) is 133 Å². The van der Waals surface area contributed by atoms with Gasteiger partial charge in [0.1, 0.15) is 0 Å². The molecule has 0 spiro atoms. The highest BCUT2D eigenvalue weighted by atomic mass is 16.4. The summed E-state index contributed by atoms with van der Waals surface area (Å²) in [7, 11) is 0. The molecule has 0 saturated carbocycles. The lowest BCUT2D eigenvalue weighted by Crippen LogP contribution is -1.98. The van der Waals surface area contributed by atoms with Gasteiger partial charge in [-0.2, -0.15) is 0 Å². The summed E-state index contributed by atoms with van der Waals surface area (Å²) in [6.07, 6.45) is 6.25. The van der Waals surface area contributed by atoms with Gasteiger partial charge in [-0.05, 0) is 29.2 Å². The first-order valence-corrected chi connectivity index (χ1v) is 8.89. The maximum absolute atomic E-state index is 10.5. The summed E-state index contributed by atoms with van der Waals surface area (Å²) in [6, 6.07) is 27.1. The highest BCUT2D eigenvalue weighted by Crippen LogP contribution is 2.09. The first kappa shape index (κ1) is 22.4. The monoisotopic (exact) mass is 370 g/mol. The predicted octanol–water partition coefficient (Wildman–Crippen LogP) is 6.77. The topological polar surface area (TPSA) is 37.3 Å². The number of hydrogen-bond acceptors (Lipinski definition) is 1. The summed E-state index contributed by atoms with van der Waals surface area (Å²) in [4.78, 5) is 10.5. The number of benzene rings is 3. The molecule has 0 fully saturated rings. The van der Waals surface area contributed by atoms with E-state index in [1.54, 1.807) is 24.3 Å². The van der Waals surface area contributed by atoms with Gasteiger partial charge in [0.15, 0.2) is 0 Å². The normalized spacial score (nSPS) is 8.86. The molecule has 0 bridgehead atoms. The maximum atomic E-state index is 10.5. The molecule has 28 heavy (non-hydrogen) atoms. The van der Waals surface area contributed by atoms with Crippen LogP contribution in [0.2, 0.25) is 0 Å². The molecule has 0 heterocycles. The average Bonchev–Trinajstić information content (AvgIpc) is 2.76. The van der Waals surface area contributed by atoms with Crippen molar-refractivity contribution >= 4 is 18.1 Å². The number of carboxylic acid groups (broad SMARTS) is 1. The van der Waals surface area contributed by atoms with Gasteiger partial charge >= 0.3 is 5.97 Å². The first-order valence-electron chi connectivity index (χ1n) is 8.89. The Bertz CT molecular complexity index is 865. The predicted molar refractivity (Wildman–Crippen MR) is 120 cm³/mol. The quantitative estimate of drug-likeness (QED) is 0.503. The molecule has 0 aliphatic carbocycles. The van der Waals surface area contributed by atoms with Crippen LogP contribution in [0.1, 0.15) is 27.0 Å². The van der Waals surface area contributed by atoms with Crippen molar-refractivity contribution < 1.29 is 9.90 Å². The number of aromatic carboxylic acids is 1. The second-order valence-corrected chi connectivity index (χ2v) is 5.69. The van der Waals surface area contributed by atoms with Gasteiger partial charge in [-0.25, -0.2) is 4.79 Å². The van der Waals surface area contributed by atoms with Crippen LogP contribution in [0.3, 0.4) is 0 Å². The minimum Gasteiger partial charge on any atom is -0.478 e. The SMILES string of the molecule is C=CCc1ccccc1.C=Cc1ccccc1.C=Cc1ccccc1C(=O)O. The van der Waals surface area contributed by atoms with Crippen LogP contribution in [0.15, 0.2) is 111 Å². The third-order valence-corrected chi connectivity index (χ3v) is 3.67. The Hall–Kier alpha value is -3.65. The van der Waals surface area contributed by atoms with Crippen molar-refractivity contribution in [2.45, 2.75) is 6.42 Å². The lowest BCUT2D eigenvalue weighted by Gasteiger charge is -1.97. The Balaban J connectivity index is 0.000000213. The van der Waals surface area contributed by atoms with E-state index in [-0.39, 0.29) is 0 Å². The second kappa shape index (κ2) is 13.5. The standard InChI is InChI=1S/C9H8O2.C9H10.C8H8/c1-2-7-5-3-4-6-8(7)9(10)11;1-2-6-9-7-4-3-5-8-9;1-2-8-6-4-3-5-7-8/h2-6H,1H2,(H,10,11);2-5,7-8H,1,6H2;2-7H,1H2. The van der Waals surface area contributed by atoms with Crippen LogP contribution in [0.25, 0.3) is 12.2 Å². The van der Waals surface area contributed by atoms with E-state index >= 15 is 0 Å². The third-order valence-electron chi connectivity index (χ3n) is 3.67. The number of rotatable bonds is 5. The maximum Gasteiger partial charge on any atom is 0.336 e. The van der Waals surface area contributed by atoms with Crippen molar-refractivity contribution in [3.63, 3.8) is 0 Å². The second-order valence-electron chi connectivity index (χ2n) is 5.69. The molecule has 0 saturated heterocycles. The fourth-order valence-electron chi connectivity index (χ4n) is 2.24. The minimum absolute atomic E-state index is 0.294. The van der Waals surface area contributed by atoms with Crippen LogP contribution in [0.5, 0.6) is 0 Å². The Kier molecular flexibility index (Phi) is 10.8. The average molecular weight is 370 g/mol. The summed E-state index contributed by atoms with van der Waals surface area (Å²) in [5, 5.41) is 8.65. The van der Waals surface area contributed by atoms with Crippen LogP contribution in [-0.4, -0.2) is 11.1 Å². The zero-order chi connectivity index (χ0) is 20.6.